The van der Waals surface area contributed by atoms with Gasteiger partial charge in [0.1, 0.15) is 5.57 Å². The Morgan fingerprint density at radius 1 is 1.30 bits per heavy atom. The minimum Gasteiger partial charge on any atom is -0.461 e. The van der Waals surface area contributed by atoms with Gasteiger partial charge in [0.05, 0.1) is 6.61 Å². The molecule has 0 fully saturated rings. The molecule has 20 heavy (non-hydrogen) atoms. The van der Waals surface area contributed by atoms with E-state index in [0.29, 0.717) is 0 Å². The van der Waals surface area contributed by atoms with Gasteiger partial charge in [-0.15, -0.1) is 0 Å². The van der Waals surface area contributed by atoms with E-state index in [2.05, 4.69) is 16.0 Å². The highest BCUT2D eigenvalue weighted by Gasteiger charge is 2.42. The number of rotatable bonds is 6. The van der Waals surface area contributed by atoms with Crippen molar-refractivity contribution >= 4 is 17.2 Å². The number of ether oxygens (including phenoxy) is 1. The van der Waals surface area contributed by atoms with Crippen LogP contribution in [0.15, 0.2) is 12.2 Å². The SMILES string of the molecule is C=C(C(=O)OCC(C)(C)C(C)(C)NS(=O)O)C(F)(F)F. The molecule has 0 saturated heterocycles. The van der Waals surface area contributed by atoms with Gasteiger partial charge in [0.15, 0.2) is 0 Å². The zero-order valence-electron chi connectivity index (χ0n) is 11.6. The van der Waals surface area contributed by atoms with Crippen LogP contribution in [0.2, 0.25) is 0 Å². The Hall–Kier alpha value is -0.930. The summed E-state index contributed by atoms with van der Waals surface area (Å²) in [4.78, 5) is 11.2. The molecule has 0 aliphatic rings. The van der Waals surface area contributed by atoms with Crippen LogP contribution >= 0.6 is 0 Å². The highest BCUT2D eigenvalue weighted by Crippen LogP contribution is 2.32. The zero-order chi connectivity index (χ0) is 16.4. The van der Waals surface area contributed by atoms with Crippen LogP contribution in [-0.2, 0) is 20.8 Å². The lowest BCUT2D eigenvalue weighted by Crippen LogP contribution is -2.54. The summed E-state index contributed by atoms with van der Waals surface area (Å²) in [6.07, 6.45) is -4.85. The molecule has 0 saturated carbocycles. The van der Waals surface area contributed by atoms with Crippen molar-refractivity contribution in [1.82, 2.24) is 4.72 Å². The summed E-state index contributed by atoms with van der Waals surface area (Å²) >= 11 is -2.31. The Balaban J connectivity index is 4.76. The minimum atomic E-state index is -4.85. The number of carbonyl (C=O) groups is 1. The van der Waals surface area contributed by atoms with E-state index in [1.165, 1.54) is 0 Å². The monoisotopic (exact) mass is 317 g/mol. The Kier molecular flexibility index (Phi) is 5.94. The van der Waals surface area contributed by atoms with Crippen LogP contribution in [0, 0.1) is 5.41 Å². The molecule has 0 aromatic carbocycles. The largest absolute Gasteiger partial charge is 0.461 e. The van der Waals surface area contributed by atoms with Crippen LogP contribution in [0.5, 0.6) is 0 Å². The fraction of sp³-hybridized carbons (Fsp3) is 0.727. The summed E-state index contributed by atoms with van der Waals surface area (Å²) in [7, 11) is 0. The first-order chi connectivity index (χ1) is 8.71. The van der Waals surface area contributed by atoms with Crippen LogP contribution < -0.4 is 4.72 Å². The average molecular weight is 317 g/mol. The van der Waals surface area contributed by atoms with Crippen molar-refractivity contribution in [2.24, 2.45) is 5.41 Å². The number of nitrogens with one attached hydrogen (secondary N) is 1. The van der Waals surface area contributed by atoms with Crippen molar-refractivity contribution in [3.8, 4) is 0 Å². The molecule has 0 radical (unpaired) electrons. The lowest BCUT2D eigenvalue weighted by Gasteiger charge is -2.40. The first-order valence-electron chi connectivity index (χ1n) is 5.52. The molecule has 0 bridgehead atoms. The van der Waals surface area contributed by atoms with Crippen molar-refractivity contribution in [1.29, 1.82) is 0 Å². The highest BCUT2D eigenvalue weighted by atomic mass is 32.2. The third-order valence-electron chi connectivity index (χ3n) is 3.19. The lowest BCUT2D eigenvalue weighted by molar-refractivity contribution is -0.154. The fourth-order valence-electron chi connectivity index (χ4n) is 0.986. The van der Waals surface area contributed by atoms with E-state index in [9.17, 15) is 22.2 Å². The summed E-state index contributed by atoms with van der Waals surface area (Å²) in [5.41, 5.74) is -3.45. The second-order valence-corrected chi connectivity index (χ2v) is 6.11. The predicted molar refractivity (Wildman–Crippen MR) is 67.9 cm³/mol. The number of carbonyl (C=O) groups excluding carboxylic acids is 1. The van der Waals surface area contributed by atoms with Crippen molar-refractivity contribution in [2.45, 2.75) is 39.4 Å². The number of alkyl halides is 3. The molecule has 5 nitrogen and oxygen atoms in total. The molecular weight excluding hydrogens is 299 g/mol. The molecule has 9 heteroatoms. The van der Waals surface area contributed by atoms with Crippen molar-refractivity contribution < 1.29 is 31.5 Å². The second-order valence-electron chi connectivity index (χ2n) is 5.41. The van der Waals surface area contributed by atoms with Gasteiger partial charge in [0, 0.05) is 11.0 Å². The maximum Gasteiger partial charge on any atom is 0.422 e. The summed E-state index contributed by atoms with van der Waals surface area (Å²) in [5, 5.41) is 0. The topological polar surface area (TPSA) is 75.6 Å². The van der Waals surface area contributed by atoms with E-state index in [1.807, 2.05) is 0 Å². The summed E-state index contributed by atoms with van der Waals surface area (Å²) in [6.45, 7) is 8.54. The van der Waals surface area contributed by atoms with Gasteiger partial charge < -0.3 is 4.74 Å². The maximum absolute atomic E-state index is 12.2. The van der Waals surface area contributed by atoms with Crippen molar-refractivity contribution in [2.75, 3.05) is 6.61 Å². The quantitative estimate of drug-likeness (QED) is 0.447. The summed E-state index contributed by atoms with van der Waals surface area (Å²) in [6, 6.07) is 0. The molecule has 0 aromatic heterocycles. The number of halogens is 3. The normalized spacial score (nSPS) is 14.8. The third-order valence-corrected chi connectivity index (χ3v) is 3.87. The summed E-state index contributed by atoms with van der Waals surface area (Å²) < 4.78 is 63.2. The molecule has 0 heterocycles. The second kappa shape index (κ2) is 6.23. The molecule has 1 atom stereocenters. The van der Waals surface area contributed by atoms with Gasteiger partial charge in [-0.2, -0.15) is 13.2 Å². The van der Waals surface area contributed by atoms with Crippen LogP contribution in [0.3, 0.4) is 0 Å². The molecule has 118 valence electrons. The Bertz CT molecular complexity index is 418. The van der Waals surface area contributed by atoms with E-state index < -0.39 is 39.9 Å². The highest BCUT2D eigenvalue weighted by molar-refractivity contribution is 7.77. The zero-order valence-corrected chi connectivity index (χ0v) is 12.4. The maximum atomic E-state index is 12.2. The van der Waals surface area contributed by atoms with Crippen LogP contribution in [0.25, 0.3) is 0 Å². The number of esters is 1. The Morgan fingerprint density at radius 2 is 1.75 bits per heavy atom. The molecule has 0 rings (SSSR count). The number of hydrogen-bond donors (Lipinski definition) is 2. The summed E-state index contributed by atoms with van der Waals surface area (Å²) in [5.74, 6) is -1.56. The molecule has 0 spiro atoms. The van der Waals surface area contributed by atoms with Gasteiger partial charge in [-0.25, -0.2) is 13.7 Å². The van der Waals surface area contributed by atoms with Gasteiger partial charge in [-0.1, -0.05) is 20.4 Å². The number of hydrogen-bond acceptors (Lipinski definition) is 3. The molecule has 1 unspecified atom stereocenters. The van der Waals surface area contributed by atoms with Gasteiger partial charge in [-0.3, -0.25) is 4.55 Å². The molecular formula is C11H18F3NO4S. The van der Waals surface area contributed by atoms with E-state index >= 15 is 0 Å². The predicted octanol–water partition coefficient (Wildman–Crippen LogP) is 2.18. The van der Waals surface area contributed by atoms with Gasteiger partial charge in [0.25, 0.3) is 0 Å². The molecule has 0 aromatic rings. The van der Waals surface area contributed by atoms with Gasteiger partial charge >= 0.3 is 12.1 Å². The van der Waals surface area contributed by atoms with E-state index in [-0.39, 0.29) is 6.61 Å². The standard InChI is InChI=1S/C11H18F3NO4S/c1-7(11(12,13)14)8(16)19-6-9(2,3)10(4,5)15-20(17)18/h15H,1,6H2,2-5H3,(H,17,18). The minimum absolute atomic E-state index is 0.377. The lowest BCUT2D eigenvalue weighted by atomic mass is 9.76. The van der Waals surface area contributed by atoms with E-state index in [4.69, 9.17) is 4.55 Å². The molecule has 0 aliphatic carbocycles. The Morgan fingerprint density at radius 3 is 2.10 bits per heavy atom. The molecule has 0 aliphatic heterocycles. The average Bonchev–Trinajstić information content (AvgIpc) is 2.21. The van der Waals surface area contributed by atoms with Crippen LogP contribution in [0.4, 0.5) is 13.2 Å². The van der Waals surface area contributed by atoms with Crippen LogP contribution in [0.1, 0.15) is 27.7 Å². The van der Waals surface area contributed by atoms with Crippen molar-refractivity contribution in [3.05, 3.63) is 12.2 Å². The van der Waals surface area contributed by atoms with E-state index in [0.717, 1.165) is 0 Å². The van der Waals surface area contributed by atoms with E-state index in [1.54, 1.807) is 27.7 Å². The Labute approximate surface area is 118 Å². The first kappa shape index (κ1) is 19.1. The third kappa shape index (κ3) is 5.22. The van der Waals surface area contributed by atoms with Crippen LogP contribution in [-0.4, -0.2) is 33.1 Å². The van der Waals surface area contributed by atoms with Crippen molar-refractivity contribution in [3.63, 3.8) is 0 Å². The molecule has 2 N–H and O–H groups in total. The van der Waals surface area contributed by atoms with Gasteiger partial charge in [0.2, 0.25) is 11.3 Å². The fourth-order valence-corrected chi connectivity index (χ4v) is 1.70. The first-order valence-corrected chi connectivity index (χ1v) is 6.63. The smallest absolute Gasteiger partial charge is 0.422 e. The molecule has 0 amide bonds. The van der Waals surface area contributed by atoms with Gasteiger partial charge in [-0.05, 0) is 13.8 Å².